The van der Waals surface area contributed by atoms with Gasteiger partial charge in [-0.1, -0.05) is 17.7 Å². The predicted molar refractivity (Wildman–Crippen MR) is 114 cm³/mol. The molecule has 1 N–H and O–H groups in total. The number of amides is 1. The van der Waals surface area contributed by atoms with Crippen LogP contribution in [0.2, 0.25) is 5.02 Å². The highest BCUT2D eigenvalue weighted by atomic mass is 35.5. The SMILES string of the molecule is COc1ccc(C)cc1S(=O)(=O)N1CCC[C@@H](C(=O)Nc2cc(C(F)(F)F)ccc2Cl)C1. The van der Waals surface area contributed by atoms with Crippen LogP contribution in [0.15, 0.2) is 41.3 Å². The first-order valence-corrected chi connectivity index (χ1v) is 11.6. The van der Waals surface area contributed by atoms with E-state index in [1.807, 2.05) is 0 Å². The molecule has 0 unspecified atom stereocenters. The Bertz CT molecular complexity index is 1120. The second-order valence-corrected chi connectivity index (χ2v) is 9.85. The molecule has 0 saturated carbocycles. The normalized spacial score (nSPS) is 17.8. The molecular formula is C21H22ClF3N2O4S. The number of rotatable bonds is 5. The average Bonchev–Trinajstić information content (AvgIpc) is 2.74. The first kappa shape index (κ1) is 24.3. The first-order valence-electron chi connectivity index (χ1n) is 9.76. The summed E-state index contributed by atoms with van der Waals surface area (Å²) in [6.07, 6.45) is -3.78. The van der Waals surface area contributed by atoms with Gasteiger partial charge in [0.2, 0.25) is 15.9 Å². The maximum Gasteiger partial charge on any atom is 0.416 e. The molecule has 1 heterocycles. The number of carbonyl (C=O) groups is 1. The summed E-state index contributed by atoms with van der Waals surface area (Å²) < 4.78 is 71.8. The van der Waals surface area contributed by atoms with E-state index >= 15 is 0 Å². The number of alkyl halides is 3. The Hall–Kier alpha value is -2.30. The van der Waals surface area contributed by atoms with E-state index in [0.717, 1.165) is 23.8 Å². The van der Waals surface area contributed by atoms with Crippen LogP contribution in [0.5, 0.6) is 5.75 Å². The van der Waals surface area contributed by atoms with Gasteiger partial charge in [-0.15, -0.1) is 0 Å². The third-order valence-electron chi connectivity index (χ3n) is 5.24. The third kappa shape index (κ3) is 5.19. The molecule has 0 aromatic heterocycles. The molecule has 2 aromatic carbocycles. The van der Waals surface area contributed by atoms with Crippen molar-refractivity contribution in [2.45, 2.75) is 30.8 Å². The van der Waals surface area contributed by atoms with Crippen molar-refractivity contribution in [3.8, 4) is 5.75 Å². The number of aryl methyl sites for hydroxylation is 1. The molecule has 1 fully saturated rings. The fourth-order valence-electron chi connectivity index (χ4n) is 3.53. The Morgan fingerprint density at radius 2 is 1.94 bits per heavy atom. The molecule has 0 radical (unpaired) electrons. The van der Waals surface area contributed by atoms with E-state index in [4.69, 9.17) is 16.3 Å². The quantitative estimate of drug-likeness (QED) is 0.658. The average molecular weight is 491 g/mol. The van der Waals surface area contributed by atoms with Gasteiger partial charge in [0.15, 0.2) is 0 Å². The second-order valence-electron chi connectivity index (χ2n) is 7.54. The van der Waals surface area contributed by atoms with Gasteiger partial charge < -0.3 is 10.1 Å². The molecule has 11 heteroatoms. The highest BCUT2D eigenvalue weighted by Crippen LogP contribution is 2.35. The topological polar surface area (TPSA) is 75.7 Å². The molecular weight excluding hydrogens is 469 g/mol. The number of anilines is 1. The zero-order chi connectivity index (χ0) is 23.7. The van der Waals surface area contributed by atoms with E-state index in [-0.39, 0.29) is 34.4 Å². The van der Waals surface area contributed by atoms with Crippen molar-refractivity contribution in [3.05, 3.63) is 52.5 Å². The van der Waals surface area contributed by atoms with Gasteiger partial charge in [0.25, 0.3) is 0 Å². The second kappa shape index (κ2) is 9.29. The van der Waals surface area contributed by atoms with Crippen LogP contribution in [0.4, 0.5) is 18.9 Å². The third-order valence-corrected chi connectivity index (χ3v) is 7.46. The van der Waals surface area contributed by atoms with Crippen LogP contribution < -0.4 is 10.1 Å². The lowest BCUT2D eigenvalue weighted by atomic mass is 9.98. The van der Waals surface area contributed by atoms with Crippen molar-refractivity contribution in [1.29, 1.82) is 0 Å². The van der Waals surface area contributed by atoms with E-state index in [9.17, 15) is 26.4 Å². The minimum absolute atomic E-state index is 0.00183. The fourth-order valence-corrected chi connectivity index (χ4v) is 5.46. The molecule has 6 nitrogen and oxygen atoms in total. The fraction of sp³-hybridized carbons (Fsp3) is 0.381. The monoisotopic (exact) mass is 490 g/mol. The predicted octanol–water partition coefficient (Wildman–Crippen LogP) is 4.72. The summed E-state index contributed by atoms with van der Waals surface area (Å²) in [5.74, 6) is -1.15. The number of carbonyl (C=O) groups excluding carboxylic acids is 1. The first-order chi connectivity index (χ1) is 14.9. The Morgan fingerprint density at radius 1 is 1.22 bits per heavy atom. The van der Waals surface area contributed by atoms with Crippen LogP contribution in [-0.4, -0.2) is 38.8 Å². The van der Waals surface area contributed by atoms with Crippen LogP contribution in [0.25, 0.3) is 0 Å². The van der Waals surface area contributed by atoms with Crippen LogP contribution in [-0.2, 0) is 21.0 Å². The maximum absolute atomic E-state index is 13.2. The molecule has 2 aromatic rings. The molecule has 1 aliphatic rings. The summed E-state index contributed by atoms with van der Waals surface area (Å²) in [7, 11) is -2.58. The van der Waals surface area contributed by atoms with E-state index in [1.54, 1.807) is 19.1 Å². The number of hydrogen-bond acceptors (Lipinski definition) is 4. The highest BCUT2D eigenvalue weighted by molar-refractivity contribution is 7.89. The standard InChI is InChI=1S/C21H22ClF3N2O4S/c1-13-5-8-18(31-2)19(10-13)32(29,30)27-9-3-4-14(12-27)20(28)26-17-11-15(21(23,24)25)6-7-16(17)22/h5-8,10-11,14H,3-4,9,12H2,1-2H3,(H,26,28)/t14-/m1/s1. The molecule has 1 saturated heterocycles. The number of hydrogen-bond donors (Lipinski definition) is 1. The number of halogens is 4. The van der Waals surface area contributed by atoms with E-state index < -0.39 is 33.6 Å². The van der Waals surface area contributed by atoms with E-state index in [2.05, 4.69) is 5.32 Å². The van der Waals surface area contributed by atoms with Crippen molar-refractivity contribution in [3.63, 3.8) is 0 Å². The van der Waals surface area contributed by atoms with Crippen LogP contribution in [0, 0.1) is 12.8 Å². The summed E-state index contributed by atoms with van der Waals surface area (Å²) in [6, 6.07) is 7.42. The van der Waals surface area contributed by atoms with Crippen molar-refractivity contribution >= 4 is 33.2 Å². The summed E-state index contributed by atoms with van der Waals surface area (Å²) in [5.41, 5.74) is -0.390. The van der Waals surface area contributed by atoms with Gasteiger partial charge in [0, 0.05) is 13.1 Å². The Balaban J connectivity index is 1.81. The number of sulfonamides is 1. The zero-order valence-electron chi connectivity index (χ0n) is 17.4. The van der Waals surface area contributed by atoms with Gasteiger partial charge in [-0.3, -0.25) is 4.79 Å². The Morgan fingerprint density at radius 3 is 2.59 bits per heavy atom. The highest BCUT2D eigenvalue weighted by Gasteiger charge is 2.36. The summed E-state index contributed by atoms with van der Waals surface area (Å²) in [4.78, 5) is 12.8. The molecule has 1 aliphatic heterocycles. The van der Waals surface area contributed by atoms with Crippen LogP contribution in [0.3, 0.4) is 0 Å². The molecule has 32 heavy (non-hydrogen) atoms. The molecule has 1 atom stereocenters. The van der Waals surface area contributed by atoms with Crippen molar-refractivity contribution in [1.82, 2.24) is 4.31 Å². The molecule has 0 aliphatic carbocycles. The van der Waals surface area contributed by atoms with Gasteiger partial charge in [-0.2, -0.15) is 17.5 Å². The molecule has 0 bridgehead atoms. The summed E-state index contributed by atoms with van der Waals surface area (Å²) >= 11 is 5.96. The molecule has 3 rings (SSSR count). The lowest BCUT2D eigenvalue weighted by Crippen LogP contribution is -2.43. The smallest absolute Gasteiger partial charge is 0.416 e. The lowest BCUT2D eigenvalue weighted by molar-refractivity contribution is -0.137. The Kier molecular flexibility index (Phi) is 7.06. The van der Waals surface area contributed by atoms with Gasteiger partial charge in [0.1, 0.15) is 10.6 Å². The van der Waals surface area contributed by atoms with Gasteiger partial charge in [-0.25, -0.2) is 8.42 Å². The van der Waals surface area contributed by atoms with E-state index in [0.29, 0.717) is 12.8 Å². The van der Waals surface area contributed by atoms with Crippen LogP contribution >= 0.6 is 11.6 Å². The Labute approximate surface area is 189 Å². The van der Waals surface area contributed by atoms with Crippen molar-refractivity contribution < 1.29 is 31.1 Å². The zero-order valence-corrected chi connectivity index (χ0v) is 18.9. The number of nitrogens with zero attached hydrogens (tertiary/aromatic N) is 1. The van der Waals surface area contributed by atoms with Crippen molar-refractivity contribution in [2.24, 2.45) is 5.92 Å². The molecule has 1 amide bonds. The molecule has 174 valence electrons. The number of nitrogens with one attached hydrogen (secondary N) is 1. The van der Waals surface area contributed by atoms with Crippen LogP contribution in [0.1, 0.15) is 24.0 Å². The van der Waals surface area contributed by atoms with Gasteiger partial charge >= 0.3 is 6.18 Å². The minimum Gasteiger partial charge on any atom is -0.495 e. The van der Waals surface area contributed by atoms with Crippen molar-refractivity contribution in [2.75, 3.05) is 25.5 Å². The number of methoxy groups -OCH3 is 1. The van der Waals surface area contributed by atoms with E-state index in [1.165, 1.54) is 17.5 Å². The maximum atomic E-state index is 13.2. The van der Waals surface area contributed by atoms with Gasteiger partial charge in [-0.05, 0) is 55.7 Å². The number of benzene rings is 2. The van der Waals surface area contributed by atoms with Gasteiger partial charge in [0.05, 0.1) is 29.3 Å². The molecule has 0 spiro atoms. The lowest BCUT2D eigenvalue weighted by Gasteiger charge is -2.31. The largest absolute Gasteiger partial charge is 0.495 e. The number of piperidine rings is 1. The number of ether oxygens (including phenoxy) is 1. The minimum atomic E-state index is -4.59. The summed E-state index contributed by atoms with van der Waals surface area (Å²) in [6.45, 7) is 1.86. The summed E-state index contributed by atoms with van der Waals surface area (Å²) in [5, 5.41) is 2.37.